The van der Waals surface area contributed by atoms with Crippen LogP contribution in [0.15, 0.2) is 24.3 Å². The van der Waals surface area contributed by atoms with Gasteiger partial charge in [-0.3, -0.25) is 0 Å². The van der Waals surface area contributed by atoms with Crippen molar-refractivity contribution in [1.82, 2.24) is 0 Å². The molecule has 0 aromatic carbocycles. The van der Waals surface area contributed by atoms with Gasteiger partial charge in [-0.25, -0.2) is 0 Å². The molecule has 0 heterocycles. The predicted molar refractivity (Wildman–Crippen MR) is 59.0 cm³/mol. The molecule has 0 aliphatic carbocycles. The van der Waals surface area contributed by atoms with Crippen LogP contribution < -0.4 is 0 Å². The summed E-state index contributed by atoms with van der Waals surface area (Å²) in [5.74, 6) is 0. The summed E-state index contributed by atoms with van der Waals surface area (Å²) in [4.78, 5) is 0. The van der Waals surface area contributed by atoms with Gasteiger partial charge >= 0.3 is 86.6 Å². The molecule has 0 amide bonds. The number of hydrogen-bond acceptors (Lipinski definition) is 2. The average Bonchev–Trinajstić information content (AvgIpc) is 2.01. The van der Waals surface area contributed by atoms with Crippen molar-refractivity contribution in [2.45, 2.75) is 22.7 Å². The molecule has 0 bridgehead atoms. The fourth-order valence-corrected chi connectivity index (χ4v) is 9.08. The number of allylic oxidation sites excluding steroid dienone is 2. The SMILES string of the molecule is C=C(C)[CH2][Sn]([CH2]C(=C)C)([O]C)[O]C. The van der Waals surface area contributed by atoms with Crippen LogP contribution in [-0.4, -0.2) is 33.4 Å². The molecule has 0 radical (unpaired) electrons. The minimum atomic E-state index is -2.84. The Morgan fingerprint density at radius 2 is 1.31 bits per heavy atom. The summed E-state index contributed by atoms with van der Waals surface area (Å²) < 4.78 is 13.0. The second-order valence-corrected chi connectivity index (χ2v) is 13.1. The van der Waals surface area contributed by atoms with Crippen LogP contribution >= 0.6 is 0 Å². The Labute approximate surface area is 86.6 Å². The fraction of sp³-hybridized carbons (Fsp3) is 0.600. The zero-order chi connectivity index (χ0) is 10.5. The second-order valence-electron chi connectivity index (χ2n) is 3.59. The van der Waals surface area contributed by atoms with Gasteiger partial charge in [0.1, 0.15) is 0 Å². The zero-order valence-electron chi connectivity index (χ0n) is 9.14. The van der Waals surface area contributed by atoms with Gasteiger partial charge in [0.25, 0.3) is 0 Å². The summed E-state index contributed by atoms with van der Waals surface area (Å²) >= 11 is -2.84. The molecule has 0 atom stereocenters. The molecule has 76 valence electrons. The van der Waals surface area contributed by atoms with Crippen LogP contribution in [0.2, 0.25) is 8.87 Å². The van der Waals surface area contributed by atoms with Crippen LogP contribution in [0.25, 0.3) is 0 Å². The Kier molecular flexibility index (Phi) is 5.92. The Hall–Kier alpha value is 0.199. The van der Waals surface area contributed by atoms with Crippen LogP contribution in [0.3, 0.4) is 0 Å². The maximum atomic E-state index is 5.57. The normalized spacial score (nSPS) is 11.4. The number of hydrogen-bond donors (Lipinski definition) is 0. The number of rotatable bonds is 6. The molecule has 0 aliphatic rings. The average molecular weight is 291 g/mol. The summed E-state index contributed by atoms with van der Waals surface area (Å²) in [5.41, 5.74) is 2.28. The molecule has 0 aromatic rings. The van der Waals surface area contributed by atoms with Crippen molar-refractivity contribution in [1.29, 1.82) is 0 Å². The first-order chi connectivity index (χ1) is 5.95. The third-order valence-corrected chi connectivity index (χ3v) is 12.7. The van der Waals surface area contributed by atoms with E-state index in [9.17, 15) is 0 Å². The van der Waals surface area contributed by atoms with E-state index in [-0.39, 0.29) is 0 Å². The quantitative estimate of drug-likeness (QED) is 0.553. The van der Waals surface area contributed by atoms with Crippen molar-refractivity contribution >= 4 is 19.2 Å². The van der Waals surface area contributed by atoms with E-state index in [1.54, 1.807) is 14.2 Å². The van der Waals surface area contributed by atoms with Crippen molar-refractivity contribution in [2.24, 2.45) is 0 Å². The van der Waals surface area contributed by atoms with Gasteiger partial charge in [-0.05, 0) is 0 Å². The molecule has 0 saturated carbocycles. The molecule has 0 rings (SSSR count). The van der Waals surface area contributed by atoms with E-state index in [4.69, 9.17) is 6.15 Å². The van der Waals surface area contributed by atoms with Crippen molar-refractivity contribution < 1.29 is 6.15 Å². The molecule has 0 saturated heterocycles. The van der Waals surface area contributed by atoms with Crippen molar-refractivity contribution in [3.63, 3.8) is 0 Å². The summed E-state index contributed by atoms with van der Waals surface area (Å²) in [5, 5.41) is 0. The van der Waals surface area contributed by atoms with Crippen molar-refractivity contribution in [2.75, 3.05) is 14.2 Å². The first kappa shape index (κ1) is 13.2. The van der Waals surface area contributed by atoms with Gasteiger partial charge in [0.15, 0.2) is 0 Å². The molecule has 0 aromatic heterocycles. The molecule has 13 heavy (non-hydrogen) atoms. The topological polar surface area (TPSA) is 18.5 Å². The molecule has 0 N–H and O–H groups in total. The van der Waals surface area contributed by atoms with Crippen LogP contribution in [-0.2, 0) is 6.15 Å². The second kappa shape index (κ2) is 5.83. The van der Waals surface area contributed by atoms with Crippen molar-refractivity contribution in [3.8, 4) is 0 Å². The van der Waals surface area contributed by atoms with Gasteiger partial charge in [0.2, 0.25) is 0 Å². The van der Waals surface area contributed by atoms with E-state index in [1.165, 1.54) is 0 Å². The molecule has 2 nitrogen and oxygen atoms in total. The monoisotopic (exact) mass is 292 g/mol. The van der Waals surface area contributed by atoms with Crippen LogP contribution in [0.5, 0.6) is 0 Å². The van der Waals surface area contributed by atoms with E-state index in [2.05, 4.69) is 13.2 Å². The molecule has 3 heteroatoms. The van der Waals surface area contributed by atoms with Crippen LogP contribution in [0, 0.1) is 0 Å². The summed E-state index contributed by atoms with van der Waals surface area (Å²) in [6.45, 7) is 11.8. The molecule has 0 spiro atoms. The third-order valence-electron chi connectivity index (χ3n) is 1.89. The Morgan fingerprint density at radius 1 is 1.00 bits per heavy atom. The standard InChI is InChI=1S/2C4H7.2CH3O.Sn/c2*1-4(2)3;2*1-2;/h2*1-2H2,3H3;2*1H3;/q;;2*-1;+2. The summed E-state index contributed by atoms with van der Waals surface area (Å²) in [7, 11) is 3.48. The first-order valence-electron chi connectivity index (χ1n) is 4.35. The van der Waals surface area contributed by atoms with Gasteiger partial charge in [-0.15, -0.1) is 0 Å². The Bertz CT molecular complexity index is 177. The first-order valence-corrected chi connectivity index (χ1v) is 10.7. The molecule has 0 unspecified atom stereocenters. The van der Waals surface area contributed by atoms with E-state index >= 15 is 0 Å². The van der Waals surface area contributed by atoms with E-state index in [0.29, 0.717) is 0 Å². The maximum absolute atomic E-state index is 5.57. The van der Waals surface area contributed by atoms with Crippen LogP contribution in [0.1, 0.15) is 13.8 Å². The van der Waals surface area contributed by atoms with Gasteiger partial charge in [0.05, 0.1) is 0 Å². The zero-order valence-corrected chi connectivity index (χ0v) is 12.0. The van der Waals surface area contributed by atoms with E-state index in [1.807, 2.05) is 13.8 Å². The van der Waals surface area contributed by atoms with Gasteiger partial charge in [0, 0.05) is 0 Å². The Morgan fingerprint density at radius 3 is 1.46 bits per heavy atom. The van der Waals surface area contributed by atoms with Crippen LogP contribution in [0.4, 0.5) is 0 Å². The van der Waals surface area contributed by atoms with E-state index in [0.717, 1.165) is 20.0 Å². The van der Waals surface area contributed by atoms with Gasteiger partial charge in [-0.2, -0.15) is 0 Å². The van der Waals surface area contributed by atoms with Crippen molar-refractivity contribution in [3.05, 3.63) is 24.3 Å². The molecular weight excluding hydrogens is 271 g/mol. The predicted octanol–water partition coefficient (Wildman–Crippen LogP) is 2.87. The summed E-state index contributed by atoms with van der Waals surface area (Å²) in [6.07, 6.45) is 0. The van der Waals surface area contributed by atoms with Gasteiger partial charge < -0.3 is 0 Å². The fourth-order valence-electron chi connectivity index (χ4n) is 1.35. The molecular formula is C10H20O2Sn. The van der Waals surface area contributed by atoms with Gasteiger partial charge in [-0.1, -0.05) is 0 Å². The Balaban J connectivity index is 4.48. The summed E-state index contributed by atoms with van der Waals surface area (Å²) in [6, 6.07) is 0. The minimum absolute atomic E-state index is 0.911. The molecule has 0 aliphatic heterocycles. The van der Waals surface area contributed by atoms with E-state index < -0.39 is 19.2 Å². The third kappa shape index (κ3) is 4.84. The molecule has 0 fully saturated rings.